The summed E-state index contributed by atoms with van der Waals surface area (Å²) in [6.07, 6.45) is 4.61. The minimum absolute atomic E-state index is 0.226. The van der Waals surface area contributed by atoms with Crippen LogP contribution in [0.5, 0.6) is 17.2 Å². The first-order valence-corrected chi connectivity index (χ1v) is 6.95. The number of rotatable bonds is 4. The zero-order valence-corrected chi connectivity index (χ0v) is 11.6. The van der Waals surface area contributed by atoms with Crippen molar-refractivity contribution < 1.29 is 25.2 Å². The highest BCUT2D eigenvalue weighted by molar-refractivity contribution is 5.82. The highest BCUT2D eigenvalue weighted by atomic mass is 16.4. The number of benzene rings is 1. The van der Waals surface area contributed by atoms with Crippen LogP contribution in [0.1, 0.15) is 31.2 Å². The molecule has 1 aromatic rings. The maximum atomic E-state index is 10.9. The molecule has 1 aliphatic rings. The van der Waals surface area contributed by atoms with Crippen LogP contribution in [0.3, 0.4) is 0 Å². The van der Waals surface area contributed by atoms with E-state index in [1.807, 2.05) is 0 Å². The number of hydrogen-bond acceptors (Lipinski definition) is 5. The molecule has 1 aromatic carbocycles. The summed E-state index contributed by atoms with van der Waals surface area (Å²) in [7, 11) is 0. The number of aliphatic imine (C=N–C) groups is 1. The van der Waals surface area contributed by atoms with Gasteiger partial charge in [0.15, 0.2) is 17.2 Å². The van der Waals surface area contributed by atoms with Gasteiger partial charge in [-0.3, -0.25) is 9.79 Å². The highest BCUT2D eigenvalue weighted by Crippen LogP contribution is 2.35. The minimum atomic E-state index is -0.716. The van der Waals surface area contributed by atoms with Crippen LogP contribution >= 0.6 is 0 Å². The van der Waals surface area contributed by atoms with Crippen molar-refractivity contribution in [1.29, 1.82) is 0 Å². The summed E-state index contributed by atoms with van der Waals surface area (Å²) in [5.74, 6) is -1.89. The molecule has 6 heteroatoms. The van der Waals surface area contributed by atoms with Gasteiger partial charge in [-0.05, 0) is 49.3 Å². The largest absolute Gasteiger partial charge is 0.504 e. The molecular weight excluding hydrogens is 274 g/mol. The predicted octanol–water partition coefficient (Wildman–Crippen LogP) is 2.11. The molecule has 1 aliphatic carbocycles. The molecule has 0 unspecified atom stereocenters. The van der Waals surface area contributed by atoms with Crippen molar-refractivity contribution in [1.82, 2.24) is 0 Å². The van der Waals surface area contributed by atoms with Gasteiger partial charge in [-0.1, -0.05) is 0 Å². The summed E-state index contributed by atoms with van der Waals surface area (Å²) in [5, 5.41) is 36.9. The topological polar surface area (TPSA) is 110 Å². The number of phenolic OH excluding ortho intramolecular Hbond substituents is 3. The Morgan fingerprint density at radius 3 is 2.24 bits per heavy atom. The highest BCUT2D eigenvalue weighted by Gasteiger charge is 2.25. The first kappa shape index (κ1) is 15.2. The second-order valence-electron chi connectivity index (χ2n) is 5.46. The number of phenols is 3. The standard InChI is InChI=1S/C15H19NO5/c17-12-5-10(6-13(18)14(12)19)8-16-7-9-1-3-11(4-2-9)15(20)21/h5-6,8-9,11,17-19H,1-4,7H2,(H,20,21)/t9-,11-. The number of aliphatic carboxylic acids is 1. The Morgan fingerprint density at radius 2 is 1.71 bits per heavy atom. The summed E-state index contributed by atoms with van der Waals surface area (Å²) >= 11 is 0. The van der Waals surface area contributed by atoms with Crippen LogP contribution in [0.4, 0.5) is 0 Å². The number of carbonyl (C=O) groups is 1. The molecule has 0 amide bonds. The number of nitrogens with zero attached hydrogens (tertiary/aromatic N) is 1. The fourth-order valence-electron chi connectivity index (χ4n) is 2.60. The van der Waals surface area contributed by atoms with Crippen LogP contribution in [0.2, 0.25) is 0 Å². The van der Waals surface area contributed by atoms with Crippen molar-refractivity contribution >= 4 is 12.2 Å². The first-order valence-electron chi connectivity index (χ1n) is 6.95. The lowest BCUT2D eigenvalue weighted by Gasteiger charge is -2.24. The Hall–Kier alpha value is -2.24. The first-order chi connectivity index (χ1) is 9.97. The van der Waals surface area contributed by atoms with E-state index in [-0.39, 0.29) is 5.92 Å². The number of carboxylic acid groups (broad SMARTS) is 1. The van der Waals surface area contributed by atoms with Gasteiger partial charge in [0.2, 0.25) is 0 Å². The molecule has 1 saturated carbocycles. The number of hydrogen-bond donors (Lipinski definition) is 4. The van der Waals surface area contributed by atoms with E-state index in [1.54, 1.807) is 0 Å². The maximum Gasteiger partial charge on any atom is 0.306 e. The van der Waals surface area contributed by atoms with Crippen LogP contribution in [-0.4, -0.2) is 39.2 Å². The van der Waals surface area contributed by atoms with Crippen LogP contribution in [0, 0.1) is 11.8 Å². The van der Waals surface area contributed by atoms with Gasteiger partial charge in [-0.2, -0.15) is 0 Å². The van der Waals surface area contributed by atoms with Gasteiger partial charge in [-0.15, -0.1) is 0 Å². The Kier molecular flexibility index (Phi) is 4.67. The van der Waals surface area contributed by atoms with Crippen LogP contribution in [0.25, 0.3) is 0 Å². The fourth-order valence-corrected chi connectivity index (χ4v) is 2.60. The van der Waals surface area contributed by atoms with E-state index in [1.165, 1.54) is 18.3 Å². The van der Waals surface area contributed by atoms with E-state index in [0.29, 0.717) is 30.9 Å². The van der Waals surface area contributed by atoms with Gasteiger partial charge in [0.25, 0.3) is 0 Å². The molecule has 0 spiro atoms. The van der Waals surface area contributed by atoms with Crippen molar-refractivity contribution in [3.63, 3.8) is 0 Å². The Morgan fingerprint density at radius 1 is 1.14 bits per heavy atom. The van der Waals surface area contributed by atoms with Crippen molar-refractivity contribution in [2.45, 2.75) is 25.7 Å². The van der Waals surface area contributed by atoms with E-state index in [4.69, 9.17) is 5.11 Å². The summed E-state index contributed by atoms with van der Waals surface area (Å²) in [4.78, 5) is 15.1. The van der Waals surface area contributed by atoms with E-state index < -0.39 is 23.2 Å². The fraction of sp³-hybridized carbons (Fsp3) is 0.467. The summed E-state index contributed by atoms with van der Waals surface area (Å²) in [6, 6.07) is 2.64. The molecule has 6 nitrogen and oxygen atoms in total. The average Bonchev–Trinajstić information content (AvgIpc) is 2.45. The van der Waals surface area contributed by atoms with E-state index in [0.717, 1.165) is 12.8 Å². The van der Waals surface area contributed by atoms with Crippen LogP contribution in [0.15, 0.2) is 17.1 Å². The van der Waals surface area contributed by atoms with Gasteiger partial charge < -0.3 is 20.4 Å². The van der Waals surface area contributed by atoms with Gasteiger partial charge in [0.05, 0.1) is 5.92 Å². The van der Waals surface area contributed by atoms with Crippen molar-refractivity contribution in [2.75, 3.05) is 6.54 Å². The molecule has 2 rings (SSSR count). The molecule has 0 aromatic heterocycles. The SMILES string of the molecule is O=C(O)[C@H]1CC[C@H](CN=Cc2cc(O)c(O)c(O)c2)CC1. The normalized spacial score (nSPS) is 22.5. The maximum absolute atomic E-state index is 10.9. The average molecular weight is 293 g/mol. The Labute approximate surface area is 122 Å². The third-order valence-corrected chi connectivity index (χ3v) is 3.89. The van der Waals surface area contributed by atoms with Crippen molar-refractivity contribution in [3.8, 4) is 17.2 Å². The van der Waals surface area contributed by atoms with Gasteiger partial charge >= 0.3 is 5.97 Å². The molecule has 1 fully saturated rings. The van der Waals surface area contributed by atoms with Gasteiger partial charge in [0, 0.05) is 12.8 Å². The zero-order chi connectivity index (χ0) is 15.4. The molecule has 114 valence electrons. The molecule has 0 saturated heterocycles. The number of carboxylic acids is 1. The van der Waals surface area contributed by atoms with Crippen molar-refractivity contribution in [2.24, 2.45) is 16.8 Å². The zero-order valence-electron chi connectivity index (χ0n) is 11.6. The molecule has 0 aliphatic heterocycles. The summed E-state index contributed by atoms with van der Waals surface area (Å²) in [6.45, 7) is 0.592. The second-order valence-corrected chi connectivity index (χ2v) is 5.46. The molecule has 0 atom stereocenters. The molecule has 21 heavy (non-hydrogen) atoms. The summed E-state index contributed by atoms with van der Waals surface area (Å²) < 4.78 is 0. The molecular formula is C15H19NO5. The molecule has 0 heterocycles. The lowest BCUT2D eigenvalue weighted by atomic mass is 9.82. The quantitative estimate of drug-likeness (QED) is 0.502. The van der Waals surface area contributed by atoms with Crippen molar-refractivity contribution in [3.05, 3.63) is 17.7 Å². The van der Waals surface area contributed by atoms with E-state index in [2.05, 4.69) is 4.99 Å². The van der Waals surface area contributed by atoms with E-state index >= 15 is 0 Å². The minimum Gasteiger partial charge on any atom is -0.504 e. The summed E-state index contributed by atoms with van der Waals surface area (Å²) in [5.41, 5.74) is 0.502. The molecule has 0 radical (unpaired) electrons. The van der Waals surface area contributed by atoms with Gasteiger partial charge in [-0.25, -0.2) is 0 Å². The molecule has 4 N–H and O–H groups in total. The third-order valence-electron chi connectivity index (χ3n) is 3.89. The monoisotopic (exact) mass is 293 g/mol. The second kappa shape index (κ2) is 6.47. The van der Waals surface area contributed by atoms with Crippen LogP contribution < -0.4 is 0 Å². The van der Waals surface area contributed by atoms with E-state index in [9.17, 15) is 20.1 Å². The lowest BCUT2D eigenvalue weighted by molar-refractivity contribution is -0.143. The predicted molar refractivity (Wildman–Crippen MR) is 77.0 cm³/mol. The molecule has 0 bridgehead atoms. The number of aromatic hydroxyl groups is 3. The smallest absolute Gasteiger partial charge is 0.306 e. The van der Waals surface area contributed by atoms with Crippen LogP contribution in [-0.2, 0) is 4.79 Å². The third kappa shape index (κ3) is 3.87. The lowest BCUT2D eigenvalue weighted by Crippen LogP contribution is -2.22. The Balaban J connectivity index is 1.88. The Bertz CT molecular complexity index is 524. The van der Waals surface area contributed by atoms with Gasteiger partial charge in [0.1, 0.15) is 0 Å².